The van der Waals surface area contributed by atoms with Crippen LogP contribution in [0, 0.1) is 0 Å². The van der Waals surface area contributed by atoms with Crippen molar-refractivity contribution >= 4 is 11.8 Å². The second kappa shape index (κ2) is 4.95. The quantitative estimate of drug-likeness (QED) is 0.644. The van der Waals surface area contributed by atoms with E-state index in [9.17, 15) is 9.59 Å². The zero-order chi connectivity index (χ0) is 13.1. The zero-order valence-electron chi connectivity index (χ0n) is 10.2. The summed E-state index contributed by atoms with van der Waals surface area (Å²) in [7, 11) is 0. The Balaban J connectivity index is 2.88. The van der Waals surface area contributed by atoms with Crippen molar-refractivity contribution < 1.29 is 14.7 Å². The maximum atomic E-state index is 11.6. The summed E-state index contributed by atoms with van der Waals surface area (Å²) in [6, 6.07) is 7.22. The zero-order valence-corrected chi connectivity index (χ0v) is 10.2. The molecular formula is C14H16O3. The fourth-order valence-electron chi connectivity index (χ4n) is 1.38. The molecule has 0 atom stereocenters. The lowest BCUT2D eigenvalue weighted by Crippen LogP contribution is -2.11. The molecular weight excluding hydrogens is 216 g/mol. The predicted octanol–water partition coefficient (Wildman–Crippen LogP) is 2.81. The summed E-state index contributed by atoms with van der Waals surface area (Å²) in [5.41, 5.74) is 1.67. The first-order valence-electron chi connectivity index (χ1n) is 5.36. The lowest BCUT2D eigenvalue weighted by molar-refractivity contribution is -0.131. The van der Waals surface area contributed by atoms with Gasteiger partial charge < -0.3 is 5.11 Å². The van der Waals surface area contributed by atoms with Gasteiger partial charge in [-0.2, -0.15) is 0 Å². The van der Waals surface area contributed by atoms with Crippen LogP contribution in [0.4, 0.5) is 0 Å². The average Bonchev–Trinajstić information content (AvgIpc) is 2.25. The lowest BCUT2D eigenvalue weighted by atomic mass is 9.86. The van der Waals surface area contributed by atoms with Crippen LogP contribution in [0.25, 0.3) is 0 Å². The molecule has 0 bridgehead atoms. The minimum atomic E-state index is -1.12. The molecule has 17 heavy (non-hydrogen) atoms. The number of hydrogen-bond donors (Lipinski definition) is 1. The van der Waals surface area contributed by atoms with Crippen LogP contribution in [-0.4, -0.2) is 16.9 Å². The van der Waals surface area contributed by atoms with Gasteiger partial charge in [-0.3, -0.25) is 4.79 Å². The van der Waals surface area contributed by atoms with E-state index in [2.05, 4.69) is 20.8 Å². The smallest absolute Gasteiger partial charge is 0.328 e. The molecule has 3 heteroatoms. The summed E-state index contributed by atoms with van der Waals surface area (Å²) in [4.78, 5) is 21.8. The third-order valence-corrected chi connectivity index (χ3v) is 2.41. The Morgan fingerprint density at radius 1 is 1.06 bits per heavy atom. The van der Waals surface area contributed by atoms with Crippen molar-refractivity contribution in [3.05, 3.63) is 47.5 Å². The van der Waals surface area contributed by atoms with Gasteiger partial charge in [0.2, 0.25) is 0 Å². The summed E-state index contributed by atoms with van der Waals surface area (Å²) < 4.78 is 0. The Morgan fingerprint density at radius 2 is 1.59 bits per heavy atom. The number of carboxylic acid groups (broad SMARTS) is 1. The molecule has 0 aliphatic rings. The SMILES string of the molecule is CC(C)(C)c1ccc(C(=O)/C=C/C(=O)O)cc1. The lowest BCUT2D eigenvalue weighted by Gasteiger charge is -2.18. The Kier molecular flexibility index (Phi) is 3.84. The monoisotopic (exact) mass is 232 g/mol. The van der Waals surface area contributed by atoms with E-state index in [1.54, 1.807) is 12.1 Å². The molecule has 0 spiro atoms. The van der Waals surface area contributed by atoms with E-state index in [1.165, 1.54) is 0 Å². The van der Waals surface area contributed by atoms with Crippen LogP contribution in [0.2, 0.25) is 0 Å². The minimum absolute atomic E-state index is 0.0402. The third kappa shape index (κ3) is 3.87. The first-order chi connectivity index (χ1) is 7.80. The van der Waals surface area contributed by atoms with Crippen molar-refractivity contribution in [1.29, 1.82) is 0 Å². The standard InChI is InChI=1S/C14H16O3/c1-14(2,3)11-6-4-10(5-7-11)12(15)8-9-13(16)17/h4-9H,1-3H3,(H,16,17)/b9-8+. The summed E-state index contributed by atoms with van der Waals surface area (Å²) >= 11 is 0. The predicted molar refractivity (Wildman–Crippen MR) is 66.2 cm³/mol. The molecule has 1 aromatic carbocycles. The first-order valence-corrected chi connectivity index (χ1v) is 5.36. The summed E-state index contributed by atoms with van der Waals surface area (Å²) in [6.45, 7) is 6.27. The normalized spacial score (nSPS) is 11.7. The first kappa shape index (κ1) is 13.2. The van der Waals surface area contributed by atoms with Crippen LogP contribution >= 0.6 is 0 Å². The molecule has 1 rings (SSSR count). The molecule has 0 saturated heterocycles. The molecule has 0 aromatic heterocycles. The number of carbonyl (C=O) groups is 2. The van der Waals surface area contributed by atoms with Gasteiger partial charge in [0.05, 0.1) is 0 Å². The number of aliphatic carboxylic acids is 1. The summed E-state index contributed by atoms with van der Waals surface area (Å²) in [5, 5.41) is 8.42. The van der Waals surface area contributed by atoms with Crippen LogP contribution in [0.15, 0.2) is 36.4 Å². The number of carbonyl (C=O) groups excluding carboxylic acids is 1. The second-order valence-electron chi connectivity index (χ2n) is 4.86. The molecule has 90 valence electrons. The van der Waals surface area contributed by atoms with Gasteiger partial charge in [0, 0.05) is 11.6 Å². The van der Waals surface area contributed by atoms with E-state index in [0.717, 1.165) is 17.7 Å². The fraction of sp³-hybridized carbons (Fsp3) is 0.286. The fourth-order valence-corrected chi connectivity index (χ4v) is 1.38. The van der Waals surface area contributed by atoms with Crippen molar-refractivity contribution in [3.63, 3.8) is 0 Å². The van der Waals surface area contributed by atoms with Gasteiger partial charge in [-0.15, -0.1) is 0 Å². The van der Waals surface area contributed by atoms with Gasteiger partial charge in [0.25, 0.3) is 0 Å². The van der Waals surface area contributed by atoms with Gasteiger partial charge in [0.1, 0.15) is 0 Å². The van der Waals surface area contributed by atoms with Gasteiger partial charge in [-0.25, -0.2) is 4.79 Å². The highest BCUT2D eigenvalue weighted by Crippen LogP contribution is 2.22. The molecule has 0 radical (unpaired) electrons. The van der Waals surface area contributed by atoms with Gasteiger partial charge >= 0.3 is 5.97 Å². The van der Waals surface area contributed by atoms with Gasteiger partial charge in [-0.1, -0.05) is 45.0 Å². The number of allylic oxidation sites excluding steroid dienone is 1. The Labute approximate surface area is 101 Å². The molecule has 1 N–H and O–H groups in total. The van der Waals surface area contributed by atoms with E-state index < -0.39 is 5.97 Å². The Hall–Kier alpha value is -1.90. The van der Waals surface area contributed by atoms with Gasteiger partial charge in [0.15, 0.2) is 5.78 Å². The highest BCUT2D eigenvalue weighted by atomic mass is 16.4. The van der Waals surface area contributed by atoms with Crippen LogP contribution in [0.3, 0.4) is 0 Å². The topological polar surface area (TPSA) is 54.4 Å². The number of carboxylic acids is 1. The summed E-state index contributed by atoms with van der Waals surface area (Å²) in [6.07, 6.45) is 1.91. The maximum absolute atomic E-state index is 11.6. The molecule has 0 unspecified atom stereocenters. The van der Waals surface area contributed by atoms with Crippen molar-refractivity contribution in [3.8, 4) is 0 Å². The number of benzene rings is 1. The van der Waals surface area contributed by atoms with E-state index in [1.807, 2.05) is 12.1 Å². The highest BCUT2D eigenvalue weighted by Gasteiger charge is 2.13. The van der Waals surface area contributed by atoms with Gasteiger partial charge in [-0.05, 0) is 17.1 Å². The molecule has 0 fully saturated rings. The molecule has 3 nitrogen and oxygen atoms in total. The Morgan fingerprint density at radius 3 is 2.00 bits per heavy atom. The second-order valence-corrected chi connectivity index (χ2v) is 4.86. The summed E-state index contributed by atoms with van der Waals surface area (Å²) in [5.74, 6) is -1.42. The molecule has 0 saturated carbocycles. The highest BCUT2D eigenvalue weighted by molar-refractivity contribution is 6.06. The van der Waals surface area contributed by atoms with Crippen molar-refractivity contribution in [2.75, 3.05) is 0 Å². The number of rotatable bonds is 3. The van der Waals surface area contributed by atoms with E-state index in [4.69, 9.17) is 5.11 Å². The number of hydrogen-bond acceptors (Lipinski definition) is 2. The maximum Gasteiger partial charge on any atom is 0.328 e. The van der Waals surface area contributed by atoms with Crippen LogP contribution < -0.4 is 0 Å². The van der Waals surface area contributed by atoms with Crippen LogP contribution in [0.5, 0.6) is 0 Å². The van der Waals surface area contributed by atoms with Crippen molar-refractivity contribution in [2.24, 2.45) is 0 Å². The Bertz CT molecular complexity index is 447. The molecule has 0 aliphatic heterocycles. The van der Waals surface area contributed by atoms with E-state index in [0.29, 0.717) is 5.56 Å². The van der Waals surface area contributed by atoms with Crippen LogP contribution in [-0.2, 0) is 10.2 Å². The largest absolute Gasteiger partial charge is 0.478 e. The van der Waals surface area contributed by atoms with E-state index in [-0.39, 0.29) is 11.2 Å². The molecule has 1 aromatic rings. The third-order valence-electron chi connectivity index (χ3n) is 2.41. The van der Waals surface area contributed by atoms with E-state index >= 15 is 0 Å². The molecule has 0 aliphatic carbocycles. The number of ketones is 1. The van der Waals surface area contributed by atoms with Crippen molar-refractivity contribution in [1.82, 2.24) is 0 Å². The average molecular weight is 232 g/mol. The molecule has 0 heterocycles. The molecule has 0 amide bonds. The minimum Gasteiger partial charge on any atom is -0.478 e. The van der Waals surface area contributed by atoms with Crippen molar-refractivity contribution in [2.45, 2.75) is 26.2 Å². The van der Waals surface area contributed by atoms with Crippen LogP contribution in [0.1, 0.15) is 36.7 Å².